The van der Waals surface area contributed by atoms with Crippen LogP contribution < -0.4 is 10.6 Å². The van der Waals surface area contributed by atoms with Gasteiger partial charge in [0.25, 0.3) is 0 Å². The second kappa shape index (κ2) is 14.5. The summed E-state index contributed by atoms with van der Waals surface area (Å²) in [5.74, 6) is 3.66. The van der Waals surface area contributed by atoms with E-state index >= 15 is 0 Å². The van der Waals surface area contributed by atoms with Crippen molar-refractivity contribution in [2.45, 2.75) is 115 Å². The summed E-state index contributed by atoms with van der Waals surface area (Å²) in [4.78, 5) is 0. The Hall–Kier alpha value is -3.36. The Balaban J connectivity index is 1.08. The SMILES string of the molecule is CC1C=CCC(C2NC(C3C=CCCC3C3=CC=CC(C4(C5C=CC=CC5)C5=CCCC[C@@]5(C)Cc5ccccc54)C3)=CC(C3C=CCCC3)N2)C1. The molecule has 52 heavy (non-hydrogen) atoms. The van der Waals surface area contributed by atoms with Gasteiger partial charge in [-0.15, -0.1) is 0 Å². The fraction of sp³-hybridized carbons (Fsp3) is 0.520. The summed E-state index contributed by atoms with van der Waals surface area (Å²) >= 11 is 0. The van der Waals surface area contributed by atoms with E-state index < -0.39 is 0 Å². The van der Waals surface area contributed by atoms with Crippen LogP contribution in [-0.2, 0) is 11.8 Å². The lowest BCUT2D eigenvalue weighted by molar-refractivity contribution is 0.175. The van der Waals surface area contributed by atoms with Crippen molar-refractivity contribution in [3.63, 3.8) is 0 Å². The van der Waals surface area contributed by atoms with E-state index in [1.807, 2.05) is 0 Å². The number of rotatable bonds is 6. The number of hydrogen-bond donors (Lipinski definition) is 2. The van der Waals surface area contributed by atoms with Gasteiger partial charge < -0.3 is 5.32 Å². The summed E-state index contributed by atoms with van der Waals surface area (Å²) < 4.78 is 0. The van der Waals surface area contributed by atoms with Gasteiger partial charge in [-0.05, 0) is 142 Å². The molecule has 0 fully saturated rings. The summed E-state index contributed by atoms with van der Waals surface area (Å²) in [6.45, 7) is 5.01. The molecule has 0 aromatic heterocycles. The van der Waals surface area contributed by atoms with Gasteiger partial charge >= 0.3 is 0 Å². The van der Waals surface area contributed by atoms with Crippen molar-refractivity contribution in [2.24, 2.45) is 46.8 Å². The van der Waals surface area contributed by atoms with Crippen LogP contribution in [0.1, 0.15) is 102 Å². The topological polar surface area (TPSA) is 24.1 Å². The maximum Gasteiger partial charge on any atom is 0.0802 e. The Morgan fingerprint density at radius 3 is 2.58 bits per heavy atom. The van der Waals surface area contributed by atoms with Gasteiger partial charge in [-0.25, -0.2) is 0 Å². The van der Waals surface area contributed by atoms with E-state index in [0.29, 0.717) is 53.6 Å². The predicted octanol–water partition coefficient (Wildman–Crippen LogP) is 11.5. The van der Waals surface area contributed by atoms with Gasteiger partial charge in [0.1, 0.15) is 0 Å². The van der Waals surface area contributed by atoms with E-state index in [1.54, 1.807) is 22.3 Å². The van der Waals surface area contributed by atoms with Crippen LogP contribution in [0.5, 0.6) is 0 Å². The smallest absolute Gasteiger partial charge is 0.0802 e. The molecule has 0 amide bonds. The molecule has 9 rings (SSSR count). The zero-order valence-corrected chi connectivity index (χ0v) is 31.9. The van der Waals surface area contributed by atoms with E-state index in [0.717, 1.165) is 12.8 Å². The van der Waals surface area contributed by atoms with Crippen molar-refractivity contribution >= 4 is 0 Å². The summed E-state index contributed by atoms with van der Waals surface area (Å²) in [6, 6.07) is 10.0. The van der Waals surface area contributed by atoms with E-state index in [1.165, 1.54) is 76.3 Å². The third-order valence-corrected chi connectivity index (χ3v) is 14.8. The summed E-state index contributed by atoms with van der Waals surface area (Å²) in [7, 11) is 0. The van der Waals surface area contributed by atoms with Gasteiger partial charge in [0, 0.05) is 23.1 Å². The van der Waals surface area contributed by atoms with Crippen LogP contribution in [0.2, 0.25) is 0 Å². The first-order chi connectivity index (χ1) is 25.5. The molecule has 1 aromatic carbocycles. The molecule has 2 N–H and O–H groups in total. The first-order valence-electron chi connectivity index (χ1n) is 21.3. The Bertz CT molecular complexity index is 1780. The molecule has 272 valence electrons. The molecule has 11 atom stereocenters. The van der Waals surface area contributed by atoms with E-state index in [9.17, 15) is 0 Å². The fourth-order valence-electron chi connectivity index (χ4n) is 12.4. The highest BCUT2D eigenvalue weighted by Crippen LogP contribution is 2.63. The molecule has 10 unspecified atom stereocenters. The Morgan fingerprint density at radius 2 is 1.71 bits per heavy atom. The van der Waals surface area contributed by atoms with Crippen molar-refractivity contribution in [3.8, 4) is 0 Å². The van der Waals surface area contributed by atoms with Crippen LogP contribution in [0, 0.1) is 46.8 Å². The predicted molar refractivity (Wildman–Crippen MR) is 218 cm³/mol. The van der Waals surface area contributed by atoms with Gasteiger partial charge in [-0.3, -0.25) is 5.32 Å². The molecule has 0 radical (unpaired) electrons. The third kappa shape index (κ3) is 6.15. The van der Waals surface area contributed by atoms with Crippen LogP contribution in [-0.4, -0.2) is 12.2 Å². The normalized spacial score (nSPS) is 41.0. The van der Waals surface area contributed by atoms with Crippen LogP contribution in [0.25, 0.3) is 0 Å². The molecule has 2 heteroatoms. The molecule has 8 aliphatic rings. The number of fused-ring (bicyclic) bond motifs is 2. The summed E-state index contributed by atoms with van der Waals surface area (Å²) in [5, 5.41) is 8.38. The quantitative estimate of drug-likeness (QED) is 0.290. The molecule has 1 heterocycles. The zero-order valence-electron chi connectivity index (χ0n) is 31.9. The molecule has 2 nitrogen and oxygen atoms in total. The van der Waals surface area contributed by atoms with Crippen LogP contribution in [0.4, 0.5) is 0 Å². The second-order valence-corrected chi connectivity index (χ2v) is 18.1. The van der Waals surface area contributed by atoms with Gasteiger partial charge in [0.2, 0.25) is 0 Å². The molecule has 1 aliphatic heterocycles. The summed E-state index contributed by atoms with van der Waals surface area (Å²) in [6.07, 6.45) is 53.9. The van der Waals surface area contributed by atoms with Gasteiger partial charge in [0.05, 0.1) is 6.17 Å². The maximum atomic E-state index is 4.21. The highest BCUT2D eigenvalue weighted by Gasteiger charge is 2.57. The lowest BCUT2D eigenvalue weighted by atomic mass is 9.45. The molecule has 1 aromatic rings. The fourth-order valence-corrected chi connectivity index (χ4v) is 12.4. The average Bonchev–Trinajstić information content (AvgIpc) is 3.20. The van der Waals surface area contributed by atoms with Gasteiger partial charge in [0.15, 0.2) is 0 Å². The first-order valence-corrected chi connectivity index (χ1v) is 21.3. The molecule has 0 saturated heterocycles. The third-order valence-electron chi connectivity index (χ3n) is 14.8. The van der Waals surface area contributed by atoms with Crippen molar-refractivity contribution in [3.05, 3.63) is 143 Å². The number of allylic oxidation sites excluding steroid dienone is 15. The Morgan fingerprint density at radius 1 is 0.808 bits per heavy atom. The highest BCUT2D eigenvalue weighted by atomic mass is 15.2. The van der Waals surface area contributed by atoms with Crippen LogP contribution in [0.15, 0.2) is 132 Å². The largest absolute Gasteiger partial charge is 0.373 e. The first kappa shape index (κ1) is 34.4. The standard InChI is InChI=1S/C50H62N2/c1-35-17-15-22-38(31-35)48-51-45(36-18-5-3-6-19-36)33-46(52-48)43-27-11-10-26-42(43)37-21-16-25-41(32-37)50(40-23-7-4-8-24-40)44-28-12-9-20-39(44)34-49(2)30-14-13-29-47(49)50/h4-5,7-9,11-12,15-18,20-21,23,25,27-29,33,35-36,38,40-43,45,48,51-52H,3,6,10,13-14,19,22,24,26,30-32,34H2,1-2H3/t35?,36?,38?,40?,41?,42?,43?,45?,48?,49-,50?/m0/s1. The van der Waals surface area contributed by atoms with Gasteiger partial charge in [-0.2, -0.15) is 0 Å². The summed E-state index contributed by atoms with van der Waals surface area (Å²) in [5.41, 5.74) is 8.34. The highest BCUT2D eigenvalue weighted by molar-refractivity contribution is 5.55. The Kier molecular flexibility index (Phi) is 9.57. The number of nitrogens with one attached hydrogen (secondary N) is 2. The minimum Gasteiger partial charge on any atom is -0.373 e. The molecular formula is C50H62N2. The van der Waals surface area contributed by atoms with Crippen molar-refractivity contribution in [2.75, 3.05) is 0 Å². The monoisotopic (exact) mass is 690 g/mol. The maximum absolute atomic E-state index is 4.21. The van der Waals surface area contributed by atoms with E-state index in [-0.39, 0.29) is 10.8 Å². The van der Waals surface area contributed by atoms with Crippen molar-refractivity contribution in [1.29, 1.82) is 0 Å². The van der Waals surface area contributed by atoms with Gasteiger partial charge in [-0.1, -0.05) is 134 Å². The van der Waals surface area contributed by atoms with E-state index in [2.05, 4.69) is 140 Å². The average molecular weight is 691 g/mol. The number of benzene rings is 1. The lowest BCUT2D eigenvalue weighted by Crippen LogP contribution is -2.57. The molecule has 0 saturated carbocycles. The van der Waals surface area contributed by atoms with Crippen molar-refractivity contribution in [1.82, 2.24) is 10.6 Å². The Labute approximate surface area is 314 Å². The molecule has 7 aliphatic carbocycles. The molecular weight excluding hydrogens is 629 g/mol. The van der Waals surface area contributed by atoms with Crippen molar-refractivity contribution < 1.29 is 0 Å². The van der Waals surface area contributed by atoms with Crippen LogP contribution in [0.3, 0.4) is 0 Å². The lowest BCUT2D eigenvalue weighted by Gasteiger charge is -2.58. The second-order valence-electron chi connectivity index (χ2n) is 18.1. The zero-order chi connectivity index (χ0) is 35.1. The molecule has 0 spiro atoms. The van der Waals surface area contributed by atoms with E-state index in [4.69, 9.17) is 0 Å². The molecule has 0 bridgehead atoms. The minimum atomic E-state index is -0.0255. The van der Waals surface area contributed by atoms with Crippen LogP contribution >= 0.6 is 0 Å². The minimum absolute atomic E-state index is 0.0255. The number of hydrogen-bond acceptors (Lipinski definition) is 2.